The summed E-state index contributed by atoms with van der Waals surface area (Å²) >= 11 is 0. The maximum absolute atomic E-state index is 12.9. The first-order valence-corrected chi connectivity index (χ1v) is 8.19. The molecule has 3 heteroatoms. The molecule has 3 nitrogen and oxygen atoms in total. The lowest BCUT2D eigenvalue weighted by atomic mass is 10.1. The number of hydrogen-bond donors (Lipinski definition) is 1. The number of amides is 1. The molecule has 1 aliphatic rings. The molecule has 0 aromatic heterocycles. The summed E-state index contributed by atoms with van der Waals surface area (Å²) in [4.78, 5) is 14.9. The van der Waals surface area contributed by atoms with Gasteiger partial charge in [0.05, 0.1) is 0 Å². The molecule has 0 aliphatic heterocycles. The number of hydrogen-bond acceptors (Lipinski definition) is 2. The lowest BCUT2D eigenvalue weighted by Gasteiger charge is -2.27. The summed E-state index contributed by atoms with van der Waals surface area (Å²) in [5.41, 5.74) is 2.31. The summed E-state index contributed by atoms with van der Waals surface area (Å²) in [6, 6.07) is 17.5. The second-order valence-corrected chi connectivity index (χ2v) is 6.59. The molecule has 0 radical (unpaired) electrons. The standard InChI is InChI=1S/C20H23NO2/c1-14(2)21(13-15-6-4-3-5-7-15)20(23)19-12-18(19)16-8-10-17(22)11-9-16/h3-11,14,18-19,22H,12-13H2,1-2H3. The van der Waals surface area contributed by atoms with Gasteiger partial charge in [0.25, 0.3) is 0 Å². The number of phenolic OH excluding ortho intramolecular Hbond substituents is 1. The molecule has 0 saturated heterocycles. The van der Waals surface area contributed by atoms with Gasteiger partial charge in [-0.05, 0) is 49.4 Å². The Morgan fingerprint density at radius 2 is 1.78 bits per heavy atom. The van der Waals surface area contributed by atoms with Gasteiger partial charge in [-0.25, -0.2) is 0 Å². The Balaban J connectivity index is 1.69. The van der Waals surface area contributed by atoms with E-state index < -0.39 is 0 Å². The number of aromatic hydroxyl groups is 1. The van der Waals surface area contributed by atoms with E-state index in [-0.39, 0.29) is 23.6 Å². The molecule has 2 aromatic rings. The monoisotopic (exact) mass is 309 g/mol. The first-order valence-electron chi connectivity index (χ1n) is 8.19. The fourth-order valence-electron chi connectivity index (χ4n) is 3.07. The third-order valence-electron chi connectivity index (χ3n) is 4.53. The Labute approximate surface area is 137 Å². The minimum atomic E-state index is 0.0747. The van der Waals surface area contributed by atoms with Gasteiger partial charge in [0.1, 0.15) is 5.75 Å². The van der Waals surface area contributed by atoms with Crippen LogP contribution in [0.4, 0.5) is 0 Å². The van der Waals surface area contributed by atoms with Crippen LogP contribution in [-0.4, -0.2) is 22.0 Å². The molecule has 2 aromatic carbocycles. The van der Waals surface area contributed by atoms with E-state index in [1.807, 2.05) is 35.2 Å². The summed E-state index contributed by atoms with van der Waals surface area (Å²) in [6.45, 7) is 4.80. The second kappa shape index (κ2) is 6.45. The summed E-state index contributed by atoms with van der Waals surface area (Å²) in [7, 11) is 0. The van der Waals surface area contributed by atoms with Crippen LogP contribution in [0.1, 0.15) is 37.3 Å². The van der Waals surface area contributed by atoms with Crippen LogP contribution in [0.3, 0.4) is 0 Å². The normalized spacial score (nSPS) is 19.6. The maximum Gasteiger partial charge on any atom is 0.226 e. The first kappa shape index (κ1) is 15.6. The van der Waals surface area contributed by atoms with Crippen LogP contribution in [0.2, 0.25) is 0 Å². The van der Waals surface area contributed by atoms with E-state index in [1.54, 1.807) is 12.1 Å². The van der Waals surface area contributed by atoms with Crippen molar-refractivity contribution in [2.24, 2.45) is 5.92 Å². The second-order valence-electron chi connectivity index (χ2n) is 6.59. The third-order valence-corrected chi connectivity index (χ3v) is 4.53. The van der Waals surface area contributed by atoms with Crippen molar-refractivity contribution in [3.05, 3.63) is 65.7 Å². The fraction of sp³-hybridized carbons (Fsp3) is 0.350. The molecule has 1 aliphatic carbocycles. The van der Waals surface area contributed by atoms with Crippen molar-refractivity contribution in [2.45, 2.75) is 38.8 Å². The Morgan fingerprint density at radius 3 is 2.39 bits per heavy atom. The van der Waals surface area contributed by atoms with Crippen molar-refractivity contribution in [2.75, 3.05) is 0 Å². The molecule has 2 unspecified atom stereocenters. The van der Waals surface area contributed by atoms with Crippen LogP contribution >= 0.6 is 0 Å². The van der Waals surface area contributed by atoms with Gasteiger partial charge in [-0.2, -0.15) is 0 Å². The molecule has 0 heterocycles. The topological polar surface area (TPSA) is 40.5 Å². The largest absolute Gasteiger partial charge is 0.508 e. The SMILES string of the molecule is CC(C)N(Cc1ccccc1)C(=O)C1CC1c1ccc(O)cc1. The summed E-state index contributed by atoms with van der Waals surface area (Å²) in [6.07, 6.45) is 0.904. The zero-order valence-electron chi connectivity index (χ0n) is 13.6. The van der Waals surface area contributed by atoms with Crippen LogP contribution in [0.25, 0.3) is 0 Å². The quantitative estimate of drug-likeness (QED) is 0.909. The molecule has 0 bridgehead atoms. The summed E-state index contributed by atoms with van der Waals surface area (Å²) in [5, 5.41) is 9.38. The van der Waals surface area contributed by atoms with Gasteiger partial charge in [-0.15, -0.1) is 0 Å². The molecule has 3 rings (SSSR count). The van der Waals surface area contributed by atoms with Crippen molar-refractivity contribution in [1.82, 2.24) is 4.90 Å². The first-order chi connectivity index (χ1) is 11.1. The fourth-order valence-corrected chi connectivity index (χ4v) is 3.07. The van der Waals surface area contributed by atoms with E-state index in [9.17, 15) is 9.90 Å². The Bertz CT molecular complexity index is 664. The maximum atomic E-state index is 12.9. The van der Waals surface area contributed by atoms with Crippen LogP contribution in [0.5, 0.6) is 5.75 Å². The minimum Gasteiger partial charge on any atom is -0.508 e. The van der Waals surface area contributed by atoms with E-state index in [4.69, 9.17) is 0 Å². The number of nitrogens with zero attached hydrogens (tertiary/aromatic N) is 1. The van der Waals surface area contributed by atoms with E-state index in [2.05, 4.69) is 26.0 Å². The lowest BCUT2D eigenvalue weighted by molar-refractivity contribution is -0.135. The van der Waals surface area contributed by atoms with Gasteiger partial charge >= 0.3 is 0 Å². The number of benzene rings is 2. The van der Waals surface area contributed by atoms with E-state index in [0.717, 1.165) is 17.5 Å². The third kappa shape index (κ3) is 3.55. The molecule has 1 fully saturated rings. The van der Waals surface area contributed by atoms with E-state index in [1.165, 1.54) is 0 Å². The van der Waals surface area contributed by atoms with Gasteiger partial charge in [0.2, 0.25) is 5.91 Å². The van der Waals surface area contributed by atoms with Gasteiger partial charge in [-0.1, -0.05) is 42.5 Å². The Kier molecular flexibility index (Phi) is 4.37. The number of carbonyl (C=O) groups excluding carboxylic acids is 1. The highest BCUT2D eigenvalue weighted by atomic mass is 16.3. The molecule has 0 spiro atoms. The highest BCUT2D eigenvalue weighted by Gasteiger charge is 2.46. The highest BCUT2D eigenvalue weighted by Crippen LogP contribution is 2.49. The predicted molar refractivity (Wildman–Crippen MR) is 91.1 cm³/mol. The lowest BCUT2D eigenvalue weighted by Crippen LogP contribution is -2.37. The molecular formula is C20H23NO2. The zero-order valence-corrected chi connectivity index (χ0v) is 13.6. The molecule has 1 amide bonds. The number of rotatable bonds is 5. The van der Waals surface area contributed by atoms with E-state index in [0.29, 0.717) is 12.5 Å². The molecule has 2 atom stereocenters. The van der Waals surface area contributed by atoms with Gasteiger partial charge < -0.3 is 10.0 Å². The van der Waals surface area contributed by atoms with Crippen LogP contribution in [0.15, 0.2) is 54.6 Å². The van der Waals surface area contributed by atoms with Gasteiger partial charge in [-0.3, -0.25) is 4.79 Å². The zero-order chi connectivity index (χ0) is 16.4. The molecule has 23 heavy (non-hydrogen) atoms. The van der Waals surface area contributed by atoms with E-state index >= 15 is 0 Å². The summed E-state index contributed by atoms with van der Waals surface area (Å²) in [5.74, 6) is 0.873. The molecule has 1 N–H and O–H groups in total. The Morgan fingerprint density at radius 1 is 1.13 bits per heavy atom. The van der Waals surface area contributed by atoms with Gasteiger partial charge in [0.15, 0.2) is 0 Å². The molecular weight excluding hydrogens is 286 g/mol. The predicted octanol–water partition coefficient (Wildman–Crippen LogP) is 3.93. The van der Waals surface area contributed by atoms with Crippen molar-refractivity contribution >= 4 is 5.91 Å². The highest BCUT2D eigenvalue weighted by molar-refractivity contribution is 5.83. The average Bonchev–Trinajstić information content (AvgIpc) is 3.34. The summed E-state index contributed by atoms with van der Waals surface area (Å²) < 4.78 is 0. The van der Waals surface area contributed by atoms with Gasteiger partial charge in [0, 0.05) is 18.5 Å². The van der Waals surface area contributed by atoms with Crippen molar-refractivity contribution in [3.63, 3.8) is 0 Å². The number of carbonyl (C=O) groups is 1. The van der Waals surface area contributed by atoms with Crippen molar-refractivity contribution in [3.8, 4) is 5.75 Å². The number of phenols is 1. The van der Waals surface area contributed by atoms with Crippen LogP contribution in [-0.2, 0) is 11.3 Å². The van der Waals surface area contributed by atoms with Crippen LogP contribution in [0, 0.1) is 5.92 Å². The van der Waals surface area contributed by atoms with Crippen molar-refractivity contribution < 1.29 is 9.90 Å². The Hall–Kier alpha value is -2.29. The average molecular weight is 309 g/mol. The van der Waals surface area contributed by atoms with Crippen LogP contribution < -0.4 is 0 Å². The smallest absolute Gasteiger partial charge is 0.226 e. The minimum absolute atomic E-state index is 0.0747. The molecule has 120 valence electrons. The van der Waals surface area contributed by atoms with Crippen molar-refractivity contribution in [1.29, 1.82) is 0 Å². The molecule has 1 saturated carbocycles.